The predicted molar refractivity (Wildman–Crippen MR) is 110 cm³/mol. The molecule has 0 fully saturated rings. The minimum absolute atomic E-state index is 0.00425. The van der Waals surface area contributed by atoms with Crippen molar-refractivity contribution in [1.82, 2.24) is 9.44 Å². The molecule has 2 aromatic carbocycles. The molecule has 10 heteroatoms. The number of sulfonamides is 2. The molecule has 8 nitrogen and oxygen atoms in total. The lowest BCUT2D eigenvalue weighted by Gasteiger charge is -2.17. The van der Waals surface area contributed by atoms with E-state index in [0.717, 1.165) is 11.1 Å². The summed E-state index contributed by atoms with van der Waals surface area (Å²) in [5.74, 6) is 0.418. The first kappa shape index (κ1) is 23.1. The van der Waals surface area contributed by atoms with Gasteiger partial charge in [-0.15, -0.1) is 0 Å². The Morgan fingerprint density at radius 2 is 1.28 bits per heavy atom. The largest absolute Gasteiger partial charge is 0.495 e. The molecule has 2 aromatic rings. The number of hydrogen-bond donors (Lipinski definition) is 2. The van der Waals surface area contributed by atoms with Gasteiger partial charge in [-0.2, -0.15) is 0 Å². The number of methoxy groups -OCH3 is 2. The summed E-state index contributed by atoms with van der Waals surface area (Å²) in [5.41, 5.74) is 1.51. The number of nitrogens with one attached hydrogen (secondary N) is 2. The van der Waals surface area contributed by atoms with E-state index in [1.807, 2.05) is 0 Å². The van der Waals surface area contributed by atoms with Crippen molar-refractivity contribution in [2.24, 2.45) is 0 Å². The summed E-state index contributed by atoms with van der Waals surface area (Å²) in [6.45, 7) is 4.96. The van der Waals surface area contributed by atoms with Crippen LogP contribution in [-0.4, -0.2) is 43.6 Å². The molecule has 0 bridgehead atoms. The summed E-state index contributed by atoms with van der Waals surface area (Å²) < 4.78 is 65.9. The minimum atomic E-state index is -3.91. The average molecular weight is 443 g/mol. The molecule has 1 atom stereocenters. The van der Waals surface area contributed by atoms with Gasteiger partial charge in [0.25, 0.3) is 0 Å². The second-order valence-electron chi connectivity index (χ2n) is 6.68. The van der Waals surface area contributed by atoms with E-state index < -0.39 is 26.1 Å². The zero-order valence-electron chi connectivity index (χ0n) is 17.0. The Hall–Kier alpha value is -2.14. The van der Waals surface area contributed by atoms with Gasteiger partial charge in [-0.05, 0) is 56.2 Å². The first-order valence-electron chi connectivity index (χ1n) is 8.81. The molecular weight excluding hydrogens is 416 g/mol. The molecule has 0 aliphatic heterocycles. The third kappa shape index (κ3) is 5.69. The summed E-state index contributed by atoms with van der Waals surface area (Å²) >= 11 is 0. The first-order valence-corrected chi connectivity index (χ1v) is 11.8. The smallest absolute Gasteiger partial charge is 0.244 e. The van der Waals surface area contributed by atoms with Crippen molar-refractivity contribution in [2.75, 3.05) is 20.8 Å². The monoisotopic (exact) mass is 442 g/mol. The molecule has 0 saturated carbocycles. The molecule has 0 aromatic heterocycles. The van der Waals surface area contributed by atoms with Gasteiger partial charge in [-0.1, -0.05) is 12.1 Å². The van der Waals surface area contributed by atoms with E-state index in [1.165, 1.54) is 26.4 Å². The molecule has 0 spiro atoms. The zero-order valence-corrected chi connectivity index (χ0v) is 18.6. The quantitative estimate of drug-likeness (QED) is 0.614. The van der Waals surface area contributed by atoms with Crippen LogP contribution in [0.5, 0.6) is 11.5 Å². The maximum Gasteiger partial charge on any atom is 0.244 e. The maximum atomic E-state index is 12.7. The lowest BCUT2D eigenvalue weighted by Crippen LogP contribution is -2.41. The van der Waals surface area contributed by atoms with Crippen LogP contribution in [0.15, 0.2) is 46.2 Å². The molecule has 0 saturated heterocycles. The average Bonchev–Trinajstić information content (AvgIpc) is 2.66. The number of aryl methyl sites for hydroxylation is 2. The molecular formula is C19H26N2O6S2. The highest BCUT2D eigenvalue weighted by molar-refractivity contribution is 7.90. The van der Waals surface area contributed by atoms with Crippen molar-refractivity contribution in [1.29, 1.82) is 0 Å². The van der Waals surface area contributed by atoms with Crippen LogP contribution in [-0.2, 0) is 20.0 Å². The highest BCUT2D eigenvalue weighted by atomic mass is 32.2. The van der Waals surface area contributed by atoms with Gasteiger partial charge in [0.05, 0.1) is 14.2 Å². The molecule has 2 rings (SSSR count). The van der Waals surface area contributed by atoms with Gasteiger partial charge >= 0.3 is 0 Å². The molecule has 160 valence electrons. The standard InChI is InChI=1S/C19H26N2O6S2/c1-13-6-8-16(26-4)18(10-13)28(22,23)20-12-15(3)21-29(24,25)19-11-14(2)7-9-17(19)27-5/h6-11,15,20-21H,12H2,1-5H3/t15-/m1/s1. The highest BCUT2D eigenvalue weighted by Crippen LogP contribution is 2.26. The topological polar surface area (TPSA) is 111 Å². The van der Waals surface area contributed by atoms with Crippen LogP contribution in [0.4, 0.5) is 0 Å². The van der Waals surface area contributed by atoms with Crippen molar-refractivity contribution >= 4 is 20.0 Å². The second-order valence-corrected chi connectivity index (χ2v) is 10.1. The summed E-state index contributed by atoms with van der Waals surface area (Å²) in [7, 11) is -5.04. The third-order valence-electron chi connectivity index (χ3n) is 4.15. The molecule has 0 aliphatic carbocycles. The second kappa shape index (κ2) is 9.12. The Kier molecular flexibility index (Phi) is 7.28. The van der Waals surface area contributed by atoms with Crippen LogP contribution in [0, 0.1) is 13.8 Å². The van der Waals surface area contributed by atoms with Crippen molar-refractivity contribution in [3.63, 3.8) is 0 Å². The molecule has 0 aliphatic rings. The Bertz CT molecular complexity index is 1080. The first-order chi connectivity index (χ1) is 13.5. The van der Waals surface area contributed by atoms with E-state index in [0.29, 0.717) is 0 Å². The number of ether oxygens (including phenoxy) is 2. The van der Waals surface area contributed by atoms with Crippen molar-refractivity contribution < 1.29 is 26.3 Å². The van der Waals surface area contributed by atoms with Gasteiger partial charge in [0.2, 0.25) is 20.0 Å². The van der Waals surface area contributed by atoms with Crippen LogP contribution in [0.25, 0.3) is 0 Å². The van der Waals surface area contributed by atoms with Crippen LogP contribution >= 0.6 is 0 Å². The van der Waals surface area contributed by atoms with Gasteiger partial charge in [0.15, 0.2) is 0 Å². The summed E-state index contributed by atoms with van der Waals surface area (Å²) in [4.78, 5) is -0.00882. The Morgan fingerprint density at radius 1 is 0.828 bits per heavy atom. The SMILES string of the molecule is COc1ccc(C)cc1S(=O)(=O)NC[C@@H](C)NS(=O)(=O)c1cc(C)ccc1OC. The normalized spacial score (nSPS) is 13.1. The fourth-order valence-electron chi connectivity index (χ4n) is 2.67. The van der Waals surface area contributed by atoms with Crippen LogP contribution in [0.1, 0.15) is 18.1 Å². The Morgan fingerprint density at radius 3 is 1.72 bits per heavy atom. The van der Waals surface area contributed by atoms with Crippen molar-refractivity contribution in [3.05, 3.63) is 47.5 Å². The molecule has 0 unspecified atom stereocenters. The molecule has 0 heterocycles. The number of rotatable bonds is 9. The number of benzene rings is 2. The molecule has 0 amide bonds. The van der Waals surface area contributed by atoms with Crippen molar-refractivity contribution in [3.8, 4) is 11.5 Å². The van der Waals surface area contributed by atoms with E-state index in [9.17, 15) is 16.8 Å². The lowest BCUT2D eigenvalue weighted by molar-refractivity contribution is 0.401. The maximum absolute atomic E-state index is 12.7. The molecule has 29 heavy (non-hydrogen) atoms. The molecule has 2 N–H and O–H groups in total. The van der Waals surface area contributed by atoms with E-state index in [4.69, 9.17) is 9.47 Å². The lowest BCUT2D eigenvalue weighted by atomic mass is 10.2. The van der Waals surface area contributed by atoms with Gasteiger partial charge in [-0.25, -0.2) is 26.3 Å². The van der Waals surface area contributed by atoms with E-state index >= 15 is 0 Å². The van der Waals surface area contributed by atoms with Gasteiger partial charge in [-0.3, -0.25) is 0 Å². The number of hydrogen-bond acceptors (Lipinski definition) is 6. The van der Waals surface area contributed by atoms with Gasteiger partial charge in [0.1, 0.15) is 21.3 Å². The Labute approximate surface area is 172 Å². The predicted octanol–water partition coefficient (Wildman–Crippen LogP) is 1.97. The van der Waals surface area contributed by atoms with Gasteiger partial charge in [0, 0.05) is 12.6 Å². The fraction of sp³-hybridized carbons (Fsp3) is 0.368. The van der Waals surface area contributed by atoms with E-state index in [1.54, 1.807) is 45.0 Å². The Balaban J connectivity index is 2.16. The summed E-state index contributed by atoms with van der Waals surface area (Å²) in [6, 6.07) is 8.90. The summed E-state index contributed by atoms with van der Waals surface area (Å²) in [5, 5.41) is 0. The van der Waals surface area contributed by atoms with Crippen LogP contribution in [0.3, 0.4) is 0 Å². The highest BCUT2D eigenvalue weighted by Gasteiger charge is 2.24. The molecule has 0 radical (unpaired) electrons. The van der Waals surface area contributed by atoms with Crippen LogP contribution < -0.4 is 18.9 Å². The van der Waals surface area contributed by atoms with E-state index in [-0.39, 0.29) is 27.8 Å². The van der Waals surface area contributed by atoms with Gasteiger partial charge < -0.3 is 9.47 Å². The fourth-order valence-corrected chi connectivity index (χ4v) is 5.55. The van der Waals surface area contributed by atoms with Crippen LogP contribution in [0.2, 0.25) is 0 Å². The minimum Gasteiger partial charge on any atom is -0.495 e. The zero-order chi connectivity index (χ0) is 21.8. The van der Waals surface area contributed by atoms with E-state index in [2.05, 4.69) is 9.44 Å². The van der Waals surface area contributed by atoms with Crippen molar-refractivity contribution in [2.45, 2.75) is 36.6 Å². The summed E-state index contributed by atoms with van der Waals surface area (Å²) in [6.07, 6.45) is 0. The third-order valence-corrected chi connectivity index (χ3v) is 7.21.